The van der Waals surface area contributed by atoms with Crippen molar-refractivity contribution >= 4 is 33.2 Å². The van der Waals surface area contributed by atoms with Gasteiger partial charge in [0.2, 0.25) is 15.9 Å². The molecule has 33 heavy (non-hydrogen) atoms. The van der Waals surface area contributed by atoms with E-state index in [0.717, 1.165) is 12.0 Å². The third kappa shape index (κ3) is 5.29. The Morgan fingerprint density at radius 3 is 2.48 bits per heavy atom. The predicted molar refractivity (Wildman–Crippen MR) is 128 cm³/mol. The molecule has 4 rings (SSSR count). The summed E-state index contributed by atoms with van der Waals surface area (Å²) in [7, 11) is -3.78. The Kier molecular flexibility index (Phi) is 7.48. The van der Waals surface area contributed by atoms with Gasteiger partial charge in [-0.3, -0.25) is 14.5 Å². The lowest BCUT2D eigenvalue weighted by Gasteiger charge is -2.34. The van der Waals surface area contributed by atoms with E-state index in [9.17, 15) is 18.0 Å². The van der Waals surface area contributed by atoms with Gasteiger partial charge in [-0.15, -0.1) is 11.3 Å². The zero-order chi connectivity index (χ0) is 23.4. The highest BCUT2D eigenvalue weighted by atomic mass is 32.2. The van der Waals surface area contributed by atoms with Gasteiger partial charge in [-0.2, -0.15) is 4.31 Å². The molecule has 0 unspecified atom stereocenters. The first-order valence-corrected chi connectivity index (χ1v) is 13.6. The van der Waals surface area contributed by atoms with Crippen molar-refractivity contribution in [1.82, 2.24) is 19.4 Å². The number of benzene rings is 1. The van der Waals surface area contributed by atoms with Gasteiger partial charge in [-0.05, 0) is 35.4 Å². The number of carbonyl (C=O) groups excluding carboxylic acids is 2. The number of thiophene rings is 1. The third-order valence-electron chi connectivity index (χ3n) is 6.14. The lowest BCUT2D eigenvalue weighted by atomic mass is 10.0. The zero-order valence-electron chi connectivity index (χ0n) is 18.8. The van der Waals surface area contributed by atoms with Crippen LogP contribution in [0.4, 0.5) is 0 Å². The minimum atomic E-state index is -3.78. The molecular weight excluding hydrogens is 460 g/mol. The largest absolute Gasteiger partial charge is 0.355 e. The summed E-state index contributed by atoms with van der Waals surface area (Å²) in [6.45, 7) is 5.81. The smallest absolute Gasteiger partial charge is 0.265 e. The van der Waals surface area contributed by atoms with Crippen LogP contribution in [0.15, 0.2) is 40.6 Å². The van der Waals surface area contributed by atoms with Gasteiger partial charge in [0, 0.05) is 45.8 Å². The summed E-state index contributed by atoms with van der Waals surface area (Å²) in [4.78, 5) is 29.3. The number of fused-ring (bicyclic) bond motifs is 1. The second-order valence-electron chi connectivity index (χ2n) is 8.39. The standard InChI is InChI=1S/C23H30N4O4S2/c1-2-9-24-21(28)17-25-11-13-26(14-12-25)23(29)22-20(8-15-32-22)33(30,31)27-10-7-18-5-3-4-6-19(18)16-27/h3-6,8,15H,2,7,9-14,16-17H2,1H3,(H,24,28). The molecule has 178 valence electrons. The molecule has 0 aliphatic carbocycles. The van der Waals surface area contributed by atoms with Crippen LogP contribution in [0.25, 0.3) is 0 Å². The molecule has 1 aromatic carbocycles. The summed E-state index contributed by atoms with van der Waals surface area (Å²) >= 11 is 1.17. The Labute approximate surface area is 199 Å². The summed E-state index contributed by atoms with van der Waals surface area (Å²) < 4.78 is 28.3. The average Bonchev–Trinajstić information content (AvgIpc) is 3.33. The maximum Gasteiger partial charge on any atom is 0.265 e. The van der Waals surface area contributed by atoms with E-state index in [1.165, 1.54) is 21.2 Å². The fourth-order valence-corrected chi connectivity index (χ4v) is 7.03. The van der Waals surface area contributed by atoms with Gasteiger partial charge in [-0.1, -0.05) is 31.2 Å². The van der Waals surface area contributed by atoms with Crippen LogP contribution in [0, 0.1) is 0 Å². The molecule has 0 radical (unpaired) electrons. The minimum Gasteiger partial charge on any atom is -0.355 e. The maximum atomic E-state index is 13.4. The lowest BCUT2D eigenvalue weighted by Crippen LogP contribution is -2.51. The molecule has 0 atom stereocenters. The molecule has 0 bridgehead atoms. The van der Waals surface area contributed by atoms with E-state index in [2.05, 4.69) is 5.32 Å². The van der Waals surface area contributed by atoms with Crippen molar-refractivity contribution in [2.45, 2.75) is 31.2 Å². The number of hydrogen-bond donors (Lipinski definition) is 1. The molecule has 2 aliphatic rings. The van der Waals surface area contributed by atoms with E-state index >= 15 is 0 Å². The molecule has 0 saturated carbocycles. The number of sulfonamides is 1. The van der Waals surface area contributed by atoms with Crippen molar-refractivity contribution in [3.05, 3.63) is 51.7 Å². The number of piperazine rings is 1. The van der Waals surface area contributed by atoms with Crippen LogP contribution >= 0.6 is 11.3 Å². The van der Waals surface area contributed by atoms with Crippen molar-refractivity contribution in [2.24, 2.45) is 0 Å². The number of amides is 2. The van der Waals surface area contributed by atoms with Gasteiger partial charge in [-0.25, -0.2) is 8.42 Å². The lowest BCUT2D eigenvalue weighted by molar-refractivity contribution is -0.122. The van der Waals surface area contributed by atoms with E-state index in [1.54, 1.807) is 16.3 Å². The molecule has 2 aromatic rings. The van der Waals surface area contributed by atoms with Gasteiger partial charge < -0.3 is 10.2 Å². The van der Waals surface area contributed by atoms with E-state index in [1.807, 2.05) is 36.1 Å². The number of hydrogen-bond acceptors (Lipinski definition) is 6. The topological polar surface area (TPSA) is 90.0 Å². The highest BCUT2D eigenvalue weighted by Gasteiger charge is 2.34. The molecule has 0 spiro atoms. The Balaban J connectivity index is 1.41. The summed E-state index contributed by atoms with van der Waals surface area (Å²) in [5, 5.41) is 4.54. The molecule has 1 aromatic heterocycles. The summed E-state index contributed by atoms with van der Waals surface area (Å²) in [5.41, 5.74) is 2.18. The second kappa shape index (κ2) is 10.3. The first-order chi connectivity index (χ1) is 15.9. The third-order valence-corrected chi connectivity index (χ3v) is 9.05. The maximum absolute atomic E-state index is 13.4. The van der Waals surface area contributed by atoms with Crippen molar-refractivity contribution in [1.29, 1.82) is 0 Å². The Morgan fingerprint density at radius 1 is 1.03 bits per heavy atom. The van der Waals surface area contributed by atoms with Crippen LogP contribution in [-0.2, 0) is 27.8 Å². The summed E-state index contributed by atoms with van der Waals surface area (Å²) in [6.07, 6.45) is 1.56. The Hall–Kier alpha value is -2.27. The molecule has 3 heterocycles. The van der Waals surface area contributed by atoms with Gasteiger partial charge in [0.15, 0.2) is 0 Å². The van der Waals surface area contributed by atoms with Crippen LogP contribution < -0.4 is 5.32 Å². The normalized spacial score (nSPS) is 17.5. The predicted octanol–water partition coefficient (Wildman–Crippen LogP) is 1.78. The van der Waals surface area contributed by atoms with Crippen molar-refractivity contribution in [3.8, 4) is 0 Å². The monoisotopic (exact) mass is 490 g/mol. The highest BCUT2D eigenvalue weighted by Crippen LogP contribution is 2.30. The number of nitrogens with zero attached hydrogens (tertiary/aromatic N) is 3. The molecule has 1 fully saturated rings. The summed E-state index contributed by atoms with van der Waals surface area (Å²) in [5.74, 6) is -0.262. The van der Waals surface area contributed by atoms with Crippen molar-refractivity contribution in [3.63, 3.8) is 0 Å². The van der Waals surface area contributed by atoms with Crippen LogP contribution in [0.1, 0.15) is 34.1 Å². The Morgan fingerprint density at radius 2 is 1.76 bits per heavy atom. The van der Waals surface area contributed by atoms with E-state index in [-0.39, 0.29) is 21.6 Å². The van der Waals surface area contributed by atoms with E-state index < -0.39 is 10.0 Å². The SMILES string of the molecule is CCCNC(=O)CN1CCN(C(=O)c2sccc2S(=O)(=O)N2CCc3ccccc3C2)CC1. The Bertz CT molecular complexity index is 1110. The fourth-order valence-electron chi connectivity index (χ4n) is 4.25. The van der Waals surface area contributed by atoms with Gasteiger partial charge >= 0.3 is 0 Å². The molecule has 1 N–H and O–H groups in total. The van der Waals surface area contributed by atoms with Crippen LogP contribution in [0.2, 0.25) is 0 Å². The highest BCUT2D eigenvalue weighted by molar-refractivity contribution is 7.89. The molecule has 1 saturated heterocycles. The number of carbonyl (C=O) groups is 2. The first kappa shape index (κ1) is 23.9. The van der Waals surface area contributed by atoms with E-state index in [0.29, 0.717) is 58.8 Å². The van der Waals surface area contributed by atoms with Crippen LogP contribution in [-0.4, -0.2) is 80.2 Å². The first-order valence-electron chi connectivity index (χ1n) is 11.3. The average molecular weight is 491 g/mol. The van der Waals surface area contributed by atoms with Gasteiger partial charge in [0.25, 0.3) is 5.91 Å². The fraction of sp³-hybridized carbons (Fsp3) is 0.478. The van der Waals surface area contributed by atoms with Crippen LogP contribution in [0.5, 0.6) is 0 Å². The zero-order valence-corrected chi connectivity index (χ0v) is 20.5. The molecular formula is C23H30N4O4S2. The van der Waals surface area contributed by atoms with Crippen LogP contribution in [0.3, 0.4) is 0 Å². The quantitative estimate of drug-likeness (QED) is 0.639. The molecule has 2 amide bonds. The minimum absolute atomic E-state index is 0.00799. The number of rotatable bonds is 7. The summed E-state index contributed by atoms with van der Waals surface area (Å²) in [6, 6.07) is 9.42. The number of nitrogens with one attached hydrogen (secondary N) is 1. The van der Waals surface area contributed by atoms with Crippen molar-refractivity contribution < 1.29 is 18.0 Å². The molecule has 10 heteroatoms. The molecule has 8 nitrogen and oxygen atoms in total. The van der Waals surface area contributed by atoms with Gasteiger partial charge in [0.1, 0.15) is 9.77 Å². The second-order valence-corrected chi connectivity index (χ2v) is 11.2. The van der Waals surface area contributed by atoms with E-state index in [4.69, 9.17) is 0 Å². The molecule has 2 aliphatic heterocycles. The van der Waals surface area contributed by atoms with Crippen molar-refractivity contribution in [2.75, 3.05) is 45.8 Å². The van der Waals surface area contributed by atoms with Gasteiger partial charge in [0.05, 0.1) is 6.54 Å².